The van der Waals surface area contributed by atoms with E-state index in [1.807, 2.05) is 24.4 Å². The summed E-state index contributed by atoms with van der Waals surface area (Å²) in [5.41, 5.74) is 2.35. The Morgan fingerprint density at radius 1 is 0.912 bits per heavy atom. The Hall–Kier alpha value is -1.85. The minimum Gasteiger partial charge on any atom is -0.495 e. The van der Waals surface area contributed by atoms with Crippen LogP contribution < -0.4 is 19.9 Å². The summed E-state index contributed by atoms with van der Waals surface area (Å²) in [4.78, 5) is 9.41. The first-order valence-corrected chi connectivity index (χ1v) is 13.0. The molecular formula is C25H31Cl2N4O2P. The van der Waals surface area contributed by atoms with E-state index in [2.05, 4.69) is 24.8 Å². The van der Waals surface area contributed by atoms with Gasteiger partial charge in [0.15, 0.2) is 0 Å². The molecule has 0 spiro atoms. The molecule has 3 atom stereocenters. The summed E-state index contributed by atoms with van der Waals surface area (Å²) >= 11 is 13.2. The van der Waals surface area contributed by atoms with E-state index in [1.54, 1.807) is 20.3 Å². The van der Waals surface area contributed by atoms with Crippen molar-refractivity contribution in [3.63, 3.8) is 0 Å². The number of hydrogen-bond donors (Lipinski definition) is 2. The quantitative estimate of drug-likeness (QED) is 0.344. The third-order valence-electron chi connectivity index (χ3n) is 6.49. The molecule has 2 N–H and O–H groups in total. The molecule has 34 heavy (non-hydrogen) atoms. The van der Waals surface area contributed by atoms with Crippen LogP contribution in [-0.2, 0) is 0 Å². The Labute approximate surface area is 213 Å². The topological polar surface area (TPSA) is 68.3 Å². The number of benzene rings is 2. The molecule has 1 heterocycles. The third kappa shape index (κ3) is 5.52. The van der Waals surface area contributed by atoms with Gasteiger partial charge in [0.25, 0.3) is 0 Å². The lowest BCUT2D eigenvalue weighted by Crippen LogP contribution is -2.40. The first-order valence-electron chi connectivity index (χ1n) is 11.7. The number of halogens is 2. The lowest BCUT2D eigenvalue weighted by molar-refractivity contribution is 0.395. The Bertz CT molecular complexity index is 1120. The number of hydrogen-bond acceptors (Lipinski definition) is 6. The van der Waals surface area contributed by atoms with Crippen molar-refractivity contribution in [2.24, 2.45) is 0 Å². The van der Waals surface area contributed by atoms with E-state index in [1.165, 1.54) is 32.1 Å². The average molecular weight is 521 g/mol. The van der Waals surface area contributed by atoms with Gasteiger partial charge in [0, 0.05) is 35.3 Å². The van der Waals surface area contributed by atoms with Gasteiger partial charge in [-0.2, -0.15) is 0 Å². The molecule has 1 saturated carbocycles. The molecule has 9 heteroatoms. The minimum absolute atomic E-state index is 0.286. The number of fused-ring (bicyclic) bond motifs is 1. The summed E-state index contributed by atoms with van der Waals surface area (Å²) in [6.07, 6.45) is 10.4. The van der Waals surface area contributed by atoms with Crippen molar-refractivity contribution in [2.45, 2.75) is 57.0 Å². The highest BCUT2D eigenvalue weighted by Crippen LogP contribution is 2.46. The summed E-state index contributed by atoms with van der Waals surface area (Å²) in [6.45, 7) is 0. The molecule has 3 aromatic rings. The maximum atomic E-state index is 6.61. The van der Waals surface area contributed by atoms with Crippen molar-refractivity contribution >= 4 is 49.4 Å². The van der Waals surface area contributed by atoms with E-state index in [0.717, 1.165) is 29.3 Å². The van der Waals surface area contributed by atoms with Crippen molar-refractivity contribution in [1.82, 2.24) is 15.1 Å². The third-order valence-corrected chi connectivity index (χ3v) is 7.67. The van der Waals surface area contributed by atoms with E-state index in [9.17, 15) is 0 Å². The van der Waals surface area contributed by atoms with Crippen molar-refractivity contribution in [3.05, 3.63) is 40.5 Å². The highest BCUT2D eigenvalue weighted by atomic mass is 35.5. The fraction of sp³-hybridized carbons (Fsp3) is 0.440. The Balaban J connectivity index is 1.64. The number of rotatable bonds is 6. The van der Waals surface area contributed by atoms with Gasteiger partial charge < -0.3 is 14.8 Å². The summed E-state index contributed by atoms with van der Waals surface area (Å²) in [6, 6.07) is 8.25. The molecule has 2 aromatic carbocycles. The van der Waals surface area contributed by atoms with Crippen molar-refractivity contribution in [1.29, 1.82) is 0 Å². The summed E-state index contributed by atoms with van der Waals surface area (Å²) in [5, 5.41) is 8.77. The van der Waals surface area contributed by atoms with Crippen LogP contribution in [0.25, 0.3) is 22.0 Å². The van der Waals surface area contributed by atoms with Crippen molar-refractivity contribution in [2.75, 3.05) is 19.5 Å². The molecular weight excluding hydrogens is 490 g/mol. The normalized spacial score (nSPS) is 19.2. The second kappa shape index (κ2) is 11.7. The fourth-order valence-corrected chi connectivity index (χ4v) is 5.71. The van der Waals surface area contributed by atoms with Crippen LogP contribution >= 0.6 is 32.6 Å². The molecule has 1 aliphatic rings. The summed E-state index contributed by atoms with van der Waals surface area (Å²) < 4.78 is 10.8. The molecule has 1 aromatic heterocycles. The number of methoxy groups -OCH3 is 2. The van der Waals surface area contributed by atoms with Crippen LogP contribution in [0.4, 0.5) is 5.95 Å². The molecule has 0 bridgehead atoms. The van der Waals surface area contributed by atoms with Gasteiger partial charge in [0.1, 0.15) is 11.5 Å². The van der Waals surface area contributed by atoms with Crippen LogP contribution in [0.1, 0.15) is 44.9 Å². The Morgan fingerprint density at radius 2 is 1.56 bits per heavy atom. The van der Waals surface area contributed by atoms with Crippen LogP contribution in [0, 0.1) is 0 Å². The van der Waals surface area contributed by atoms with Gasteiger partial charge in [0.2, 0.25) is 5.95 Å². The van der Waals surface area contributed by atoms with Gasteiger partial charge in [-0.1, -0.05) is 70.8 Å². The first-order chi connectivity index (χ1) is 16.5. The predicted octanol–water partition coefficient (Wildman–Crippen LogP) is 6.89. The SMILES string of the molecule is COc1cc(OC)c(Cl)c(-c2ccc3nc(NC4CCCCCCCC4NP)ncc3c2)c1Cl. The van der Waals surface area contributed by atoms with Crippen molar-refractivity contribution < 1.29 is 9.47 Å². The van der Waals surface area contributed by atoms with Gasteiger partial charge in [-0.15, -0.1) is 0 Å². The van der Waals surface area contributed by atoms with E-state index >= 15 is 0 Å². The van der Waals surface area contributed by atoms with Gasteiger partial charge >= 0.3 is 0 Å². The standard InChI is InChI=1S/C25H31Cl2N4O2P/c1-32-20-13-21(33-2)24(27)22(23(20)26)15-10-11-17-16(12-15)14-28-25(29-17)30-18-8-6-4-3-5-7-9-19(18)31-34/h10-14,18-19,31H,3-9,34H2,1-2H3,(H,28,29,30). The average Bonchev–Trinajstić information content (AvgIpc) is 2.96. The molecule has 0 saturated heterocycles. The van der Waals surface area contributed by atoms with E-state index in [4.69, 9.17) is 37.7 Å². The number of nitrogens with one attached hydrogen (secondary N) is 2. The van der Waals surface area contributed by atoms with Crippen LogP contribution in [0.15, 0.2) is 30.5 Å². The number of anilines is 1. The number of ether oxygens (including phenoxy) is 2. The minimum atomic E-state index is 0.286. The van der Waals surface area contributed by atoms with Crippen LogP contribution in [-0.4, -0.2) is 36.3 Å². The molecule has 1 fully saturated rings. The Kier molecular flexibility index (Phi) is 8.70. The zero-order valence-corrected chi connectivity index (χ0v) is 22.2. The van der Waals surface area contributed by atoms with Gasteiger partial charge in [0.05, 0.1) is 29.8 Å². The molecule has 0 aliphatic heterocycles. The van der Waals surface area contributed by atoms with E-state index in [0.29, 0.717) is 39.1 Å². The van der Waals surface area contributed by atoms with Gasteiger partial charge in [-0.3, -0.25) is 5.09 Å². The number of nitrogens with zero attached hydrogens (tertiary/aromatic N) is 2. The van der Waals surface area contributed by atoms with Crippen LogP contribution in [0.2, 0.25) is 10.0 Å². The lowest BCUT2D eigenvalue weighted by Gasteiger charge is -2.27. The first kappa shape index (κ1) is 25.2. The second-order valence-corrected chi connectivity index (χ2v) is 9.71. The molecule has 3 unspecified atom stereocenters. The lowest BCUT2D eigenvalue weighted by atomic mass is 10.00. The molecule has 1 aliphatic carbocycles. The summed E-state index contributed by atoms with van der Waals surface area (Å²) in [7, 11) is 5.82. The number of aromatic nitrogens is 2. The zero-order chi connectivity index (χ0) is 24.1. The highest BCUT2D eigenvalue weighted by molar-refractivity contribution is 7.13. The van der Waals surface area contributed by atoms with Crippen LogP contribution in [0.3, 0.4) is 0 Å². The summed E-state index contributed by atoms with van der Waals surface area (Å²) in [5.74, 6) is 1.65. The van der Waals surface area contributed by atoms with Gasteiger partial charge in [-0.25, -0.2) is 9.97 Å². The fourth-order valence-electron chi connectivity index (χ4n) is 4.60. The molecule has 0 radical (unpaired) electrons. The zero-order valence-electron chi connectivity index (χ0n) is 19.5. The van der Waals surface area contributed by atoms with E-state index < -0.39 is 0 Å². The largest absolute Gasteiger partial charge is 0.495 e. The highest BCUT2D eigenvalue weighted by Gasteiger charge is 2.22. The van der Waals surface area contributed by atoms with Gasteiger partial charge in [-0.05, 0) is 30.5 Å². The maximum absolute atomic E-state index is 6.61. The molecule has 6 nitrogen and oxygen atoms in total. The predicted molar refractivity (Wildman–Crippen MR) is 144 cm³/mol. The molecule has 182 valence electrons. The maximum Gasteiger partial charge on any atom is 0.223 e. The molecule has 0 amide bonds. The smallest absolute Gasteiger partial charge is 0.223 e. The molecule has 4 rings (SSSR count). The van der Waals surface area contributed by atoms with Crippen molar-refractivity contribution in [3.8, 4) is 22.6 Å². The Morgan fingerprint density at radius 3 is 2.21 bits per heavy atom. The van der Waals surface area contributed by atoms with E-state index in [-0.39, 0.29) is 6.04 Å². The monoisotopic (exact) mass is 520 g/mol. The second-order valence-electron chi connectivity index (χ2n) is 8.62. The van der Waals surface area contributed by atoms with Crippen LogP contribution in [0.5, 0.6) is 11.5 Å².